The first-order valence-corrected chi connectivity index (χ1v) is 12.2. The molecule has 3 heterocycles. The molecular weight excluding hydrogens is 404 g/mol. The van der Waals surface area contributed by atoms with E-state index in [0.29, 0.717) is 31.5 Å². The number of hydrogen-bond donors (Lipinski definition) is 1. The van der Waals surface area contributed by atoms with Gasteiger partial charge in [-0.1, -0.05) is 11.8 Å². The molecule has 30 heavy (non-hydrogen) atoms. The van der Waals surface area contributed by atoms with Gasteiger partial charge in [-0.15, -0.1) is 10.2 Å². The number of ether oxygens (including phenoxy) is 1. The lowest BCUT2D eigenvalue weighted by atomic mass is 10.1. The van der Waals surface area contributed by atoms with Crippen molar-refractivity contribution in [2.75, 3.05) is 43.4 Å². The molecule has 1 aromatic rings. The fourth-order valence-corrected chi connectivity index (χ4v) is 4.96. The lowest BCUT2D eigenvalue weighted by Crippen LogP contribution is -2.47. The van der Waals surface area contributed by atoms with Gasteiger partial charge in [-0.3, -0.25) is 9.36 Å². The van der Waals surface area contributed by atoms with E-state index in [0.717, 1.165) is 49.9 Å². The van der Waals surface area contributed by atoms with Crippen LogP contribution in [-0.2, 0) is 9.53 Å². The number of hydrogen-bond acceptors (Lipinski definition) is 7. The molecule has 0 aromatic carbocycles. The maximum atomic E-state index is 12.5. The van der Waals surface area contributed by atoms with Crippen molar-refractivity contribution < 1.29 is 14.3 Å². The number of carbonyl (C=O) groups excluding carboxylic acids is 2. The largest absolute Gasteiger partial charge is 0.450 e. The van der Waals surface area contributed by atoms with Gasteiger partial charge in [0.05, 0.1) is 12.4 Å². The van der Waals surface area contributed by atoms with E-state index >= 15 is 0 Å². The number of rotatable bonds is 7. The highest BCUT2D eigenvalue weighted by atomic mass is 32.2. The molecule has 0 radical (unpaired) electrons. The van der Waals surface area contributed by atoms with Gasteiger partial charge < -0.3 is 19.9 Å². The predicted octanol–water partition coefficient (Wildman–Crippen LogP) is 2.43. The minimum atomic E-state index is -0.262. The van der Waals surface area contributed by atoms with Crippen molar-refractivity contribution in [3.63, 3.8) is 0 Å². The van der Waals surface area contributed by atoms with E-state index in [1.54, 1.807) is 4.90 Å². The first-order valence-electron chi connectivity index (χ1n) is 11.2. The number of thioether (sulfide) groups is 1. The minimum absolute atomic E-state index is 0.0134. The van der Waals surface area contributed by atoms with Gasteiger partial charge in [0.1, 0.15) is 0 Å². The summed E-state index contributed by atoms with van der Waals surface area (Å²) in [5.41, 5.74) is 0. The van der Waals surface area contributed by atoms with Crippen molar-refractivity contribution in [3.05, 3.63) is 0 Å². The molecule has 2 amide bonds. The Hall–Kier alpha value is -1.97. The minimum Gasteiger partial charge on any atom is -0.450 e. The lowest BCUT2D eigenvalue weighted by Gasteiger charge is -2.31. The van der Waals surface area contributed by atoms with E-state index < -0.39 is 0 Å². The topological polar surface area (TPSA) is 92.6 Å². The monoisotopic (exact) mass is 436 g/mol. The Morgan fingerprint density at radius 2 is 1.80 bits per heavy atom. The molecule has 3 fully saturated rings. The number of anilines is 1. The molecule has 0 atom stereocenters. The van der Waals surface area contributed by atoms with Crippen LogP contribution in [0.5, 0.6) is 0 Å². The van der Waals surface area contributed by atoms with Gasteiger partial charge in [0, 0.05) is 38.3 Å². The smallest absolute Gasteiger partial charge is 0.409 e. The Morgan fingerprint density at radius 3 is 2.47 bits per heavy atom. The fourth-order valence-electron chi connectivity index (χ4n) is 4.15. The molecule has 0 spiro atoms. The van der Waals surface area contributed by atoms with Gasteiger partial charge in [0.25, 0.3) is 0 Å². The molecule has 0 unspecified atom stereocenters. The van der Waals surface area contributed by atoms with E-state index in [-0.39, 0.29) is 18.0 Å². The molecule has 4 rings (SSSR count). The summed E-state index contributed by atoms with van der Waals surface area (Å²) >= 11 is 1.48. The molecule has 1 aromatic heterocycles. The molecule has 0 bridgehead atoms. The zero-order valence-corrected chi connectivity index (χ0v) is 18.5. The van der Waals surface area contributed by atoms with Crippen molar-refractivity contribution in [2.45, 2.75) is 69.1 Å². The molecule has 2 saturated heterocycles. The summed E-state index contributed by atoms with van der Waals surface area (Å²) in [6.45, 7) is 5.51. The predicted molar refractivity (Wildman–Crippen MR) is 115 cm³/mol. The molecule has 166 valence electrons. The third-order valence-electron chi connectivity index (χ3n) is 5.92. The third kappa shape index (κ3) is 5.19. The van der Waals surface area contributed by atoms with Crippen molar-refractivity contribution in [3.8, 4) is 0 Å². The zero-order chi connectivity index (χ0) is 20.9. The normalized spacial score (nSPS) is 20.3. The fraction of sp³-hybridized carbons (Fsp3) is 0.800. The summed E-state index contributed by atoms with van der Waals surface area (Å²) in [5, 5.41) is 12.8. The Balaban J connectivity index is 1.26. The lowest BCUT2D eigenvalue weighted by molar-refractivity contribution is -0.119. The first-order chi connectivity index (χ1) is 14.7. The average molecular weight is 437 g/mol. The average Bonchev–Trinajstić information content (AvgIpc) is 3.52. The molecule has 1 N–H and O–H groups in total. The number of nitrogens with one attached hydrogen (secondary N) is 1. The van der Waals surface area contributed by atoms with Crippen LogP contribution in [0.2, 0.25) is 0 Å². The van der Waals surface area contributed by atoms with Crippen LogP contribution < -0.4 is 10.2 Å². The molecule has 3 aliphatic rings. The number of amides is 2. The summed E-state index contributed by atoms with van der Waals surface area (Å²) in [6, 6.07) is 0.587. The molecule has 1 saturated carbocycles. The summed E-state index contributed by atoms with van der Waals surface area (Å²) in [4.78, 5) is 28.3. The quantitative estimate of drug-likeness (QED) is 0.656. The maximum absolute atomic E-state index is 12.5. The molecule has 2 aliphatic heterocycles. The van der Waals surface area contributed by atoms with E-state index in [2.05, 4.69) is 25.0 Å². The van der Waals surface area contributed by atoms with Gasteiger partial charge in [0.15, 0.2) is 5.16 Å². The maximum Gasteiger partial charge on any atom is 0.409 e. The highest BCUT2D eigenvalue weighted by Crippen LogP contribution is 2.41. The highest BCUT2D eigenvalue weighted by Gasteiger charge is 2.32. The molecule has 9 nitrogen and oxygen atoms in total. The summed E-state index contributed by atoms with van der Waals surface area (Å²) < 4.78 is 7.30. The van der Waals surface area contributed by atoms with E-state index in [1.165, 1.54) is 31.0 Å². The number of likely N-dealkylation sites (tertiary alicyclic amines) is 1. The van der Waals surface area contributed by atoms with Crippen molar-refractivity contribution in [2.24, 2.45) is 0 Å². The second kappa shape index (κ2) is 9.89. The van der Waals surface area contributed by atoms with Crippen LogP contribution in [0.1, 0.15) is 57.9 Å². The Labute approximate surface area is 181 Å². The highest BCUT2D eigenvalue weighted by molar-refractivity contribution is 7.99. The van der Waals surface area contributed by atoms with Crippen molar-refractivity contribution in [1.29, 1.82) is 0 Å². The van der Waals surface area contributed by atoms with Gasteiger partial charge in [-0.25, -0.2) is 4.79 Å². The van der Waals surface area contributed by atoms with Crippen LogP contribution in [0.3, 0.4) is 0 Å². The first kappa shape index (κ1) is 21.3. The van der Waals surface area contributed by atoms with Crippen molar-refractivity contribution in [1.82, 2.24) is 25.0 Å². The van der Waals surface area contributed by atoms with E-state index in [9.17, 15) is 9.59 Å². The standard InChI is InChI=1S/C20H32N6O3S/c1-2-29-20(28)25-12-8-15(9-13-25)21-17(27)14-30-19-23-22-18(26(19)16-6-7-16)24-10-4-3-5-11-24/h15-16H,2-14H2,1H3,(H,21,27). The second-order valence-corrected chi connectivity index (χ2v) is 9.19. The molecular formula is C20H32N6O3S. The number of piperidine rings is 2. The van der Waals surface area contributed by atoms with Gasteiger partial charge in [-0.2, -0.15) is 0 Å². The van der Waals surface area contributed by atoms with Gasteiger partial charge in [0.2, 0.25) is 11.9 Å². The zero-order valence-electron chi connectivity index (χ0n) is 17.7. The number of aromatic nitrogens is 3. The number of nitrogens with zero attached hydrogens (tertiary/aromatic N) is 5. The summed E-state index contributed by atoms with van der Waals surface area (Å²) in [6.07, 6.45) is 7.28. The van der Waals surface area contributed by atoms with Crippen molar-refractivity contribution >= 4 is 29.7 Å². The van der Waals surface area contributed by atoms with Crippen LogP contribution in [0.25, 0.3) is 0 Å². The van der Waals surface area contributed by atoms with E-state index in [1.807, 2.05) is 6.92 Å². The van der Waals surface area contributed by atoms with Crippen LogP contribution in [0.4, 0.5) is 10.7 Å². The van der Waals surface area contributed by atoms with Crippen LogP contribution in [0, 0.1) is 0 Å². The van der Waals surface area contributed by atoms with E-state index in [4.69, 9.17) is 4.74 Å². The SMILES string of the molecule is CCOC(=O)N1CCC(NC(=O)CSc2nnc(N3CCCCC3)n2C2CC2)CC1. The van der Waals surface area contributed by atoms with Crippen LogP contribution in [0.15, 0.2) is 5.16 Å². The Kier molecular flexibility index (Phi) is 7.01. The summed E-state index contributed by atoms with van der Waals surface area (Å²) in [7, 11) is 0. The summed E-state index contributed by atoms with van der Waals surface area (Å²) in [5.74, 6) is 1.33. The van der Waals surface area contributed by atoms with Crippen LogP contribution in [-0.4, -0.2) is 76.2 Å². The molecule has 10 heteroatoms. The molecule has 1 aliphatic carbocycles. The van der Waals surface area contributed by atoms with Gasteiger partial charge >= 0.3 is 6.09 Å². The third-order valence-corrected chi connectivity index (χ3v) is 6.86. The number of carbonyl (C=O) groups is 2. The van der Waals surface area contributed by atoms with Gasteiger partial charge in [-0.05, 0) is 51.9 Å². The Bertz CT molecular complexity index is 739. The Morgan fingerprint density at radius 1 is 1.07 bits per heavy atom. The second-order valence-electron chi connectivity index (χ2n) is 8.25. The van der Waals surface area contributed by atoms with Crippen LogP contribution >= 0.6 is 11.8 Å².